The Balaban J connectivity index is 1.80. The van der Waals surface area contributed by atoms with Crippen LogP contribution in [0.2, 0.25) is 0 Å². The molecule has 1 aliphatic rings. The van der Waals surface area contributed by atoms with Crippen LogP contribution in [0.15, 0.2) is 52.4 Å². The van der Waals surface area contributed by atoms with Crippen molar-refractivity contribution in [2.45, 2.75) is 11.8 Å². The smallest absolute Gasteiger partial charge is 0.412 e. The van der Waals surface area contributed by atoms with Crippen LogP contribution in [0.25, 0.3) is 0 Å². The summed E-state index contributed by atoms with van der Waals surface area (Å²) in [5.41, 5.74) is 2.03. The Morgan fingerprint density at radius 2 is 1.92 bits per heavy atom. The molecule has 0 bridgehead atoms. The van der Waals surface area contributed by atoms with Crippen LogP contribution in [0.4, 0.5) is 16.2 Å². The number of amides is 1. The molecular weight excluding hydrogens is 378 g/mol. The van der Waals surface area contributed by atoms with E-state index in [1.165, 1.54) is 31.4 Å². The predicted molar refractivity (Wildman–Crippen MR) is 99.3 cm³/mol. The van der Waals surface area contributed by atoms with Crippen LogP contribution in [0.1, 0.15) is 5.56 Å². The van der Waals surface area contributed by atoms with Gasteiger partial charge in [0.25, 0.3) is 0 Å². The van der Waals surface area contributed by atoms with Crippen molar-refractivity contribution >= 4 is 44.7 Å². The molecule has 3 rings (SSSR count). The maximum Gasteiger partial charge on any atom is 0.412 e. The molecule has 2 aromatic rings. The van der Waals surface area contributed by atoms with Crippen LogP contribution >= 0.6 is 11.9 Å². The van der Waals surface area contributed by atoms with Gasteiger partial charge in [-0.2, -0.15) is 8.42 Å². The van der Waals surface area contributed by atoms with Crippen molar-refractivity contribution in [2.75, 3.05) is 11.8 Å². The lowest BCUT2D eigenvalue weighted by molar-refractivity contribution is 0.177. The Bertz CT molecular complexity index is 972. The number of ether oxygens (including phenoxy) is 1. The number of methoxy groups -OCH3 is 1. The molecule has 0 fully saturated rings. The number of carbonyl (C=O) groups excluding carboxylic acids is 1. The van der Waals surface area contributed by atoms with Crippen molar-refractivity contribution in [3.05, 3.63) is 48.0 Å². The van der Waals surface area contributed by atoms with E-state index in [1.807, 2.05) is 6.92 Å². The highest BCUT2D eigenvalue weighted by atomic mass is 32.2. The molecule has 2 N–H and O–H groups in total. The molecule has 1 aliphatic heterocycles. The Labute approximate surface area is 154 Å². The first-order valence-corrected chi connectivity index (χ1v) is 9.61. The minimum Gasteiger partial charge on any atom is -0.453 e. The van der Waals surface area contributed by atoms with Crippen molar-refractivity contribution in [3.63, 3.8) is 0 Å². The lowest BCUT2D eigenvalue weighted by Gasteiger charge is -2.17. The number of aryl methyl sites for hydroxylation is 1. The topological polar surface area (TPSA) is 106 Å². The zero-order valence-electron chi connectivity index (χ0n) is 13.8. The summed E-state index contributed by atoms with van der Waals surface area (Å²) >= 11 is 1.06. The van der Waals surface area contributed by atoms with Gasteiger partial charge in [0.05, 0.1) is 18.5 Å². The number of hydrogen-bond acceptors (Lipinski definition) is 8. The molecule has 0 aromatic heterocycles. The molecule has 0 radical (unpaired) electrons. The quantitative estimate of drug-likeness (QED) is 0.609. The van der Waals surface area contributed by atoms with Crippen molar-refractivity contribution < 1.29 is 22.1 Å². The van der Waals surface area contributed by atoms with Gasteiger partial charge in [-0.3, -0.25) is 5.32 Å². The number of hydrogen-bond donors (Lipinski definition) is 2. The van der Waals surface area contributed by atoms with E-state index in [4.69, 9.17) is 4.18 Å². The first kappa shape index (κ1) is 18.1. The van der Waals surface area contributed by atoms with Gasteiger partial charge in [0.1, 0.15) is 10.6 Å². The highest BCUT2D eigenvalue weighted by molar-refractivity contribution is 8.15. The lowest BCUT2D eigenvalue weighted by Crippen LogP contribution is -2.29. The number of nitrogens with one attached hydrogen (secondary N) is 2. The van der Waals surface area contributed by atoms with Gasteiger partial charge in [0.15, 0.2) is 5.17 Å². The molecule has 26 heavy (non-hydrogen) atoms. The van der Waals surface area contributed by atoms with Crippen molar-refractivity contribution in [1.29, 1.82) is 0 Å². The zero-order valence-corrected chi connectivity index (χ0v) is 15.5. The van der Waals surface area contributed by atoms with Gasteiger partial charge in [0, 0.05) is 18.0 Å². The highest BCUT2D eigenvalue weighted by Gasteiger charge is 2.19. The largest absolute Gasteiger partial charge is 0.453 e. The van der Waals surface area contributed by atoms with Crippen molar-refractivity contribution in [2.24, 2.45) is 4.99 Å². The number of nitrogens with zero attached hydrogens (tertiary/aromatic N) is 1. The van der Waals surface area contributed by atoms with Gasteiger partial charge in [0.2, 0.25) is 0 Å². The summed E-state index contributed by atoms with van der Waals surface area (Å²) in [4.78, 5) is 15.5. The van der Waals surface area contributed by atoms with Crippen LogP contribution < -0.4 is 14.2 Å². The van der Waals surface area contributed by atoms with E-state index in [0.717, 1.165) is 17.5 Å². The van der Waals surface area contributed by atoms with Gasteiger partial charge in [-0.25, -0.2) is 9.79 Å². The molecule has 10 heteroatoms. The molecule has 136 valence electrons. The van der Waals surface area contributed by atoms with E-state index >= 15 is 0 Å². The summed E-state index contributed by atoms with van der Waals surface area (Å²) in [6.45, 7) is 1.87. The Morgan fingerprint density at radius 3 is 2.62 bits per heavy atom. The molecular formula is C16H15N3O5S2. The number of carbonyl (C=O) groups is 1. The average molecular weight is 393 g/mol. The minimum absolute atomic E-state index is 0.0748. The summed E-state index contributed by atoms with van der Waals surface area (Å²) < 4.78 is 37.4. The fourth-order valence-electron chi connectivity index (χ4n) is 2.05. The number of aliphatic imine (C=N–C) groups is 1. The van der Waals surface area contributed by atoms with Crippen LogP contribution in [0, 0.1) is 6.92 Å². The molecule has 1 amide bonds. The minimum atomic E-state index is -3.93. The molecule has 0 unspecified atom stereocenters. The fourth-order valence-corrected chi connectivity index (χ4v) is 3.62. The van der Waals surface area contributed by atoms with E-state index in [1.54, 1.807) is 18.2 Å². The highest BCUT2D eigenvalue weighted by Crippen LogP contribution is 2.36. The molecule has 0 saturated carbocycles. The van der Waals surface area contributed by atoms with Crippen LogP contribution in [-0.2, 0) is 14.9 Å². The first-order valence-electron chi connectivity index (χ1n) is 7.39. The van der Waals surface area contributed by atoms with Gasteiger partial charge in [-0.05, 0) is 31.2 Å². The second kappa shape index (κ2) is 7.26. The third kappa shape index (κ3) is 4.09. The van der Waals surface area contributed by atoms with E-state index in [9.17, 15) is 13.2 Å². The van der Waals surface area contributed by atoms with Crippen LogP contribution in [0.5, 0.6) is 5.75 Å². The molecule has 0 spiro atoms. The van der Waals surface area contributed by atoms with E-state index in [2.05, 4.69) is 19.8 Å². The third-order valence-corrected chi connectivity index (χ3v) is 5.33. The molecule has 2 aromatic carbocycles. The zero-order chi connectivity index (χ0) is 18.7. The molecule has 8 nitrogen and oxygen atoms in total. The van der Waals surface area contributed by atoms with Crippen LogP contribution in [-0.4, -0.2) is 26.8 Å². The second-order valence-corrected chi connectivity index (χ2v) is 7.61. The molecule has 0 atom stereocenters. The number of anilines is 1. The Hall–Kier alpha value is -2.72. The molecule has 0 saturated heterocycles. The second-order valence-electron chi connectivity index (χ2n) is 5.27. The monoisotopic (exact) mass is 393 g/mol. The Morgan fingerprint density at radius 1 is 1.19 bits per heavy atom. The third-order valence-electron chi connectivity index (χ3n) is 3.36. The van der Waals surface area contributed by atoms with Gasteiger partial charge < -0.3 is 13.6 Å². The van der Waals surface area contributed by atoms with Crippen molar-refractivity contribution in [1.82, 2.24) is 5.32 Å². The van der Waals surface area contributed by atoms with Gasteiger partial charge in [-0.15, -0.1) is 0 Å². The summed E-state index contributed by atoms with van der Waals surface area (Å²) in [5, 5.41) is 2.76. The fraction of sp³-hybridized carbons (Fsp3) is 0.125. The summed E-state index contributed by atoms with van der Waals surface area (Å²) in [6, 6.07) is 11.0. The number of benzene rings is 2. The average Bonchev–Trinajstić information content (AvgIpc) is 2.61. The maximum atomic E-state index is 12.4. The standard InChI is InChI=1S/C16H15N3O5S2/c1-10-3-6-12(7-4-10)26(21,22)24-11-5-8-13-14(9-11)19-25-15(17-13)18-16(20)23-2/h3-9,19H,1-2H3,(H,17,18,20). The van der Waals surface area contributed by atoms with Gasteiger partial charge in [-0.1, -0.05) is 17.7 Å². The SMILES string of the molecule is COC(=O)NC1=Nc2ccc(OS(=O)(=O)c3ccc(C)cc3)cc2NS1. The summed E-state index contributed by atoms with van der Waals surface area (Å²) in [5.74, 6) is 0.150. The lowest BCUT2D eigenvalue weighted by atomic mass is 10.2. The summed E-state index contributed by atoms with van der Waals surface area (Å²) in [6.07, 6.45) is -0.634. The number of fused-ring (bicyclic) bond motifs is 1. The molecule has 1 heterocycles. The van der Waals surface area contributed by atoms with Crippen LogP contribution in [0.3, 0.4) is 0 Å². The first-order chi connectivity index (χ1) is 12.4. The predicted octanol–water partition coefficient (Wildman–Crippen LogP) is 3.18. The molecule has 0 aliphatic carbocycles. The van der Waals surface area contributed by atoms with Crippen molar-refractivity contribution in [3.8, 4) is 5.75 Å². The van der Waals surface area contributed by atoms with E-state index < -0.39 is 16.2 Å². The van der Waals surface area contributed by atoms with E-state index in [0.29, 0.717) is 16.5 Å². The maximum absolute atomic E-state index is 12.4. The number of amidine groups is 1. The Kier molecular flexibility index (Phi) is 5.05. The van der Waals surface area contributed by atoms with E-state index in [-0.39, 0.29) is 10.6 Å². The number of rotatable bonds is 3. The normalized spacial score (nSPS) is 13.1. The van der Waals surface area contributed by atoms with Gasteiger partial charge >= 0.3 is 16.2 Å². The number of alkyl carbamates (subject to hydrolysis) is 1. The summed E-state index contributed by atoms with van der Waals surface area (Å²) in [7, 11) is -2.68.